The first kappa shape index (κ1) is 35.3. The van der Waals surface area contributed by atoms with Crippen LogP contribution in [0.15, 0.2) is 59.4 Å². The van der Waals surface area contributed by atoms with Crippen molar-refractivity contribution in [2.45, 2.75) is 70.8 Å². The van der Waals surface area contributed by atoms with E-state index in [0.717, 1.165) is 54.3 Å². The molecule has 2 heterocycles. The third kappa shape index (κ3) is 10.0. The zero-order valence-corrected chi connectivity index (χ0v) is 28.2. The van der Waals surface area contributed by atoms with E-state index in [-0.39, 0.29) is 55.3 Å². The molecule has 1 atom stereocenters. The maximum atomic E-state index is 13.5. The molecule has 1 saturated heterocycles. The Kier molecular flexibility index (Phi) is 12.5. The molecule has 1 aliphatic heterocycles. The third-order valence-electron chi connectivity index (χ3n) is 9.10. The van der Waals surface area contributed by atoms with Crippen molar-refractivity contribution in [2.75, 3.05) is 39.3 Å². The van der Waals surface area contributed by atoms with E-state index in [2.05, 4.69) is 33.0 Å². The molecule has 1 unspecified atom stereocenters. The molecule has 3 aromatic rings. The Morgan fingerprint density at radius 3 is 2.45 bits per heavy atom. The number of alkyl carbamates (subject to hydrolysis) is 1. The zero-order valence-electron chi connectivity index (χ0n) is 28.2. The van der Waals surface area contributed by atoms with Crippen LogP contribution in [0.3, 0.4) is 0 Å². The van der Waals surface area contributed by atoms with Gasteiger partial charge in [-0.1, -0.05) is 42.5 Å². The molecule has 0 spiro atoms. The Balaban J connectivity index is 1.00. The number of nitrogens with zero attached hydrogens (tertiary/aromatic N) is 3. The topological polar surface area (TPSA) is 154 Å². The number of piperazine rings is 1. The van der Waals surface area contributed by atoms with Crippen LogP contribution in [0.5, 0.6) is 0 Å². The molecule has 49 heavy (non-hydrogen) atoms. The van der Waals surface area contributed by atoms with Crippen LogP contribution in [-0.2, 0) is 20.7 Å². The van der Waals surface area contributed by atoms with Crippen molar-refractivity contribution >= 4 is 34.6 Å². The summed E-state index contributed by atoms with van der Waals surface area (Å²) in [7, 11) is 0. The SMILES string of the molecule is Cc1ccc(Cc2n[nH]c(=O)c3ccccc23)cc1C(=O)N1CCN(C(=O)CCCC(=O)NCCNC(=O)OC2CC/C=C/CCC2)CC1. The van der Waals surface area contributed by atoms with Gasteiger partial charge in [0.1, 0.15) is 6.10 Å². The molecule has 1 aromatic heterocycles. The number of hydrogen-bond acceptors (Lipinski definition) is 7. The van der Waals surface area contributed by atoms with Crippen molar-refractivity contribution < 1.29 is 23.9 Å². The summed E-state index contributed by atoms with van der Waals surface area (Å²) in [6.07, 6.45) is 9.67. The van der Waals surface area contributed by atoms with Gasteiger partial charge in [-0.05, 0) is 68.7 Å². The summed E-state index contributed by atoms with van der Waals surface area (Å²) < 4.78 is 5.50. The minimum Gasteiger partial charge on any atom is -0.446 e. The number of ether oxygens (including phenoxy) is 1. The highest BCUT2D eigenvalue weighted by Gasteiger charge is 2.26. The molecule has 4 amide bonds. The highest BCUT2D eigenvalue weighted by molar-refractivity contribution is 5.96. The Morgan fingerprint density at radius 2 is 1.63 bits per heavy atom. The fraction of sp³-hybridized carbons (Fsp3) is 0.459. The largest absolute Gasteiger partial charge is 0.446 e. The van der Waals surface area contributed by atoms with Gasteiger partial charge >= 0.3 is 6.09 Å². The number of carbonyl (C=O) groups is 4. The van der Waals surface area contributed by atoms with Gasteiger partial charge < -0.3 is 25.2 Å². The molecule has 1 fully saturated rings. The number of amides is 4. The molecule has 0 saturated carbocycles. The molecule has 2 aromatic carbocycles. The van der Waals surface area contributed by atoms with Crippen LogP contribution in [0, 0.1) is 6.92 Å². The maximum Gasteiger partial charge on any atom is 0.407 e. The van der Waals surface area contributed by atoms with Crippen LogP contribution in [0.25, 0.3) is 10.8 Å². The Hall–Kier alpha value is -5.00. The van der Waals surface area contributed by atoms with Gasteiger partial charge in [-0.15, -0.1) is 0 Å². The number of fused-ring (bicyclic) bond motifs is 1. The number of rotatable bonds is 11. The zero-order chi connectivity index (χ0) is 34.6. The lowest BCUT2D eigenvalue weighted by molar-refractivity contribution is -0.132. The molecule has 0 radical (unpaired) electrons. The van der Waals surface area contributed by atoms with E-state index < -0.39 is 6.09 Å². The fourth-order valence-electron chi connectivity index (χ4n) is 6.29. The second-order valence-electron chi connectivity index (χ2n) is 12.7. The number of H-pyrrole nitrogens is 1. The molecule has 3 N–H and O–H groups in total. The van der Waals surface area contributed by atoms with Crippen molar-refractivity contribution in [1.82, 2.24) is 30.6 Å². The Bertz CT molecular complexity index is 1730. The van der Waals surface area contributed by atoms with E-state index in [9.17, 15) is 24.0 Å². The van der Waals surface area contributed by atoms with E-state index in [4.69, 9.17) is 4.74 Å². The first-order valence-corrected chi connectivity index (χ1v) is 17.3. The van der Waals surface area contributed by atoms with Gasteiger partial charge in [-0.3, -0.25) is 19.2 Å². The van der Waals surface area contributed by atoms with Crippen molar-refractivity contribution in [3.8, 4) is 0 Å². The molecule has 2 aliphatic rings. The van der Waals surface area contributed by atoms with Gasteiger partial charge in [0, 0.05) is 69.5 Å². The number of aryl methyl sites for hydroxylation is 1. The number of allylic oxidation sites excluding steroid dienone is 2. The second kappa shape index (κ2) is 17.4. The van der Waals surface area contributed by atoms with Crippen LogP contribution in [0.4, 0.5) is 4.79 Å². The second-order valence-corrected chi connectivity index (χ2v) is 12.7. The van der Waals surface area contributed by atoms with E-state index in [0.29, 0.717) is 50.0 Å². The summed E-state index contributed by atoms with van der Waals surface area (Å²) in [6.45, 7) is 4.18. The highest BCUT2D eigenvalue weighted by atomic mass is 16.6. The maximum absolute atomic E-state index is 13.5. The average molecular weight is 671 g/mol. The first-order chi connectivity index (χ1) is 23.8. The summed E-state index contributed by atoms with van der Waals surface area (Å²) >= 11 is 0. The highest BCUT2D eigenvalue weighted by Crippen LogP contribution is 2.21. The van der Waals surface area contributed by atoms with Gasteiger partial charge in [0.15, 0.2) is 0 Å². The third-order valence-corrected chi connectivity index (χ3v) is 9.10. The summed E-state index contributed by atoms with van der Waals surface area (Å²) in [5.41, 5.74) is 2.88. The number of nitrogens with one attached hydrogen (secondary N) is 3. The Labute approximate surface area is 286 Å². The van der Waals surface area contributed by atoms with Crippen LogP contribution >= 0.6 is 0 Å². The summed E-state index contributed by atoms with van der Waals surface area (Å²) in [6, 6.07) is 13.1. The molecule has 0 bridgehead atoms. The lowest BCUT2D eigenvalue weighted by Crippen LogP contribution is -2.50. The average Bonchev–Trinajstić information content (AvgIpc) is 3.09. The standard InChI is InChI=1S/C37H46N6O6/c1-26-16-17-27(25-32-29-12-7-8-13-30(29)35(46)41-40-32)24-31(26)36(47)43-22-20-42(21-23-43)34(45)15-9-14-33(44)38-18-19-39-37(48)49-28-10-5-3-2-4-6-11-28/h2-3,7-8,12-13,16-17,24,28H,4-6,9-11,14-15,18-23,25H2,1H3,(H,38,44)(H,39,48)(H,41,46)/b3-2+. The van der Waals surface area contributed by atoms with Crippen molar-refractivity contribution in [2.24, 2.45) is 0 Å². The first-order valence-electron chi connectivity index (χ1n) is 17.3. The monoisotopic (exact) mass is 670 g/mol. The van der Waals surface area contributed by atoms with Gasteiger partial charge in [-0.25, -0.2) is 9.89 Å². The normalized spacial score (nSPS) is 17.1. The predicted molar refractivity (Wildman–Crippen MR) is 186 cm³/mol. The molecule has 12 nitrogen and oxygen atoms in total. The fourth-order valence-corrected chi connectivity index (χ4v) is 6.29. The van der Waals surface area contributed by atoms with E-state index in [1.165, 1.54) is 0 Å². The van der Waals surface area contributed by atoms with Crippen molar-refractivity contribution in [3.63, 3.8) is 0 Å². The van der Waals surface area contributed by atoms with Crippen LogP contribution in [0.1, 0.15) is 78.5 Å². The lowest BCUT2D eigenvalue weighted by Gasteiger charge is -2.35. The van der Waals surface area contributed by atoms with Crippen LogP contribution < -0.4 is 16.2 Å². The van der Waals surface area contributed by atoms with E-state index in [1.807, 2.05) is 43.3 Å². The quantitative estimate of drug-likeness (QED) is 0.206. The molecule has 260 valence electrons. The number of aromatic nitrogens is 2. The Morgan fingerprint density at radius 1 is 0.898 bits per heavy atom. The molecular weight excluding hydrogens is 624 g/mol. The number of benzene rings is 2. The number of carbonyl (C=O) groups excluding carboxylic acids is 4. The van der Waals surface area contributed by atoms with Crippen LogP contribution in [0.2, 0.25) is 0 Å². The van der Waals surface area contributed by atoms with Crippen molar-refractivity contribution in [3.05, 3.63) is 87.4 Å². The van der Waals surface area contributed by atoms with E-state index >= 15 is 0 Å². The summed E-state index contributed by atoms with van der Waals surface area (Å²) in [5, 5.41) is 13.7. The molecular formula is C37H46N6O6. The van der Waals surface area contributed by atoms with Crippen LogP contribution in [-0.4, -0.2) is 89.2 Å². The number of aromatic amines is 1. The van der Waals surface area contributed by atoms with Gasteiger partial charge in [-0.2, -0.15) is 5.10 Å². The summed E-state index contributed by atoms with van der Waals surface area (Å²) in [4.78, 5) is 66.4. The van der Waals surface area contributed by atoms with Gasteiger partial charge in [0.2, 0.25) is 11.8 Å². The minimum atomic E-state index is -0.464. The summed E-state index contributed by atoms with van der Waals surface area (Å²) in [5.74, 6) is -0.289. The van der Waals surface area contributed by atoms with Gasteiger partial charge in [0.25, 0.3) is 11.5 Å². The molecule has 5 rings (SSSR count). The molecule has 12 heteroatoms. The lowest BCUT2D eigenvalue weighted by atomic mass is 9.99. The minimum absolute atomic E-state index is 0.0344. The number of hydrogen-bond donors (Lipinski definition) is 3. The predicted octanol–water partition coefficient (Wildman–Crippen LogP) is 4.01. The smallest absolute Gasteiger partial charge is 0.407 e. The van der Waals surface area contributed by atoms with Crippen molar-refractivity contribution in [1.29, 1.82) is 0 Å². The van der Waals surface area contributed by atoms with E-state index in [1.54, 1.807) is 15.9 Å². The van der Waals surface area contributed by atoms with Gasteiger partial charge in [0.05, 0.1) is 11.1 Å². The molecule has 1 aliphatic carbocycles.